The Morgan fingerprint density at radius 1 is 1.18 bits per heavy atom. The number of halogens is 2. The van der Waals surface area contributed by atoms with Crippen molar-refractivity contribution < 1.29 is 4.39 Å². The summed E-state index contributed by atoms with van der Waals surface area (Å²) in [5.41, 5.74) is 1.43. The van der Waals surface area contributed by atoms with Gasteiger partial charge in [0.1, 0.15) is 10.5 Å². The van der Waals surface area contributed by atoms with Gasteiger partial charge in [-0.3, -0.25) is 0 Å². The predicted octanol–water partition coefficient (Wildman–Crippen LogP) is 3.55. The lowest BCUT2D eigenvalue weighted by Crippen LogP contribution is -1.82. The van der Waals surface area contributed by atoms with Gasteiger partial charge in [0, 0.05) is 18.0 Å². The molecule has 17 heavy (non-hydrogen) atoms. The van der Waals surface area contributed by atoms with Gasteiger partial charge in [-0.25, -0.2) is 15.0 Å². The van der Waals surface area contributed by atoms with Gasteiger partial charge in [0.25, 0.3) is 0 Å². The number of fused-ring (bicyclic) bond motifs is 1. The fraction of sp³-hybridized carbons (Fsp3) is 0. The molecule has 0 spiro atoms. The van der Waals surface area contributed by atoms with Crippen molar-refractivity contribution in [2.24, 2.45) is 0 Å². The summed E-state index contributed by atoms with van der Waals surface area (Å²) in [5.74, 6) is -0.505. The van der Waals surface area contributed by atoms with Gasteiger partial charge in [0.15, 0.2) is 5.15 Å². The van der Waals surface area contributed by atoms with Crippen LogP contribution in [0.5, 0.6) is 0 Å². The lowest BCUT2D eigenvalue weighted by Gasteiger charge is -1.93. The first-order chi connectivity index (χ1) is 8.24. The Morgan fingerprint density at radius 2 is 2.06 bits per heavy atom. The second kappa shape index (κ2) is 4.01. The summed E-state index contributed by atoms with van der Waals surface area (Å²) < 4.78 is 13.7. The molecule has 3 nitrogen and oxygen atoms in total. The zero-order valence-corrected chi connectivity index (χ0v) is 9.96. The van der Waals surface area contributed by atoms with Crippen LogP contribution in [0.3, 0.4) is 0 Å². The highest BCUT2D eigenvalue weighted by atomic mass is 35.5. The average molecular weight is 266 g/mol. The molecule has 3 aromatic heterocycles. The summed E-state index contributed by atoms with van der Waals surface area (Å²) >= 11 is 7.41. The summed E-state index contributed by atoms with van der Waals surface area (Å²) in [4.78, 5) is 11.9. The quantitative estimate of drug-likeness (QED) is 0.632. The maximum absolute atomic E-state index is 12.7. The molecule has 0 unspecified atom stereocenters. The van der Waals surface area contributed by atoms with E-state index in [1.165, 1.54) is 23.6 Å². The van der Waals surface area contributed by atoms with Crippen LogP contribution in [0.25, 0.3) is 20.8 Å². The normalized spacial score (nSPS) is 10.9. The fourth-order valence-electron chi connectivity index (χ4n) is 1.45. The van der Waals surface area contributed by atoms with Crippen LogP contribution in [-0.2, 0) is 0 Å². The number of pyridine rings is 2. The standard InChI is InChI=1S/C11H5ClFN3S/c12-10-9-7(3-4-14-10)17-11(16-9)6-1-2-8(13)15-5-6/h1-5H. The number of aromatic nitrogens is 3. The lowest BCUT2D eigenvalue weighted by molar-refractivity contribution is 0.584. The summed E-state index contributed by atoms with van der Waals surface area (Å²) in [6, 6.07) is 4.79. The monoisotopic (exact) mass is 265 g/mol. The molecule has 3 rings (SSSR count). The molecule has 0 aromatic carbocycles. The van der Waals surface area contributed by atoms with E-state index in [2.05, 4.69) is 15.0 Å². The molecule has 0 atom stereocenters. The van der Waals surface area contributed by atoms with Crippen LogP contribution >= 0.6 is 22.9 Å². The molecule has 6 heteroatoms. The first kappa shape index (κ1) is 10.6. The molecule has 3 aromatic rings. The number of hydrogen-bond acceptors (Lipinski definition) is 4. The summed E-state index contributed by atoms with van der Waals surface area (Å²) in [6.45, 7) is 0. The van der Waals surface area contributed by atoms with Crippen LogP contribution in [0, 0.1) is 5.95 Å². The smallest absolute Gasteiger partial charge is 0.212 e. The molecule has 0 amide bonds. The molecule has 0 bridgehead atoms. The lowest BCUT2D eigenvalue weighted by atomic mass is 10.3. The number of rotatable bonds is 1. The van der Waals surface area contributed by atoms with Crippen LogP contribution < -0.4 is 0 Å². The molecule has 84 valence electrons. The molecular weight excluding hydrogens is 261 g/mol. The zero-order chi connectivity index (χ0) is 11.8. The first-order valence-electron chi connectivity index (χ1n) is 4.77. The Bertz CT molecular complexity index is 681. The van der Waals surface area contributed by atoms with Crippen LogP contribution in [0.1, 0.15) is 0 Å². The van der Waals surface area contributed by atoms with Crippen molar-refractivity contribution in [3.63, 3.8) is 0 Å². The molecule has 0 fully saturated rings. The van der Waals surface area contributed by atoms with Crippen LogP contribution in [0.2, 0.25) is 5.15 Å². The topological polar surface area (TPSA) is 38.7 Å². The minimum absolute atomic E-state index is 0.375. The number of thiazole rings is 1. The van der Waals surface area contributed by atoms with Crippen molar-refractivity contribution in [3.8, 4) is 10.6 Å². The summed E-state index contributed by atoms with van der Waals surface area (Å²) in [7, 11) is 0. The fourth-order valence-corrected chi connectivity index (χ4v) is 2.66. The Labute approximate surface area is 105 Å². The molecule has 0 aliphatic carbocycles. The average Bonchev–Trinajstić information content (AvgIpc) is 2.75. The third kappa shape index (κ3) is 1.87. The SMILES string of the molecule is Fc1ccc(-c2nc3c(Cl)nccc3s2)cn1. The molecule has 0 saturated carbocycles. The van der Waals surface area contributed by atoms with Crippen LogP contribution in [0.4, 0.5) is 4.39 Å². The van der Waals surface area contributed by atoms with Crippen molar-refractivity contribution in [3.05, 3.63) is 41.7 Å². The van der Waals surface area contributed by atoms with Crippen LogP contribution in [0.15, 0.2) is 30.6 Å². The summed E-state index contributed by atoms with van der Waals surface area (Å²) in [5, 5.41) is 1.13. The second-order valence-corrected chi connectivity index (χ2v) is 4.73. The van der Waals surface area contributed by atoms with E-state index in [1.807, 2.05) is 6.07 Å². The highest BCUT2D eigenvalue weighted by Crippen LogP contribution is 2.32. The molecule has 0 aliphatic heterocycles. The first-order valence-corrected chi connectivity index (χ1v) is 5.96. The highest BCUT2D eigenvalue weighted by Gasteiger charge is 2.09. The van der Waals surface area contributed by atoms with E-state index in [0.29, 0.717) is 10.7 Å². The summed E-state index contributed by atoms with van der Waals surface area (Å²) in [6.07, 6.45) is 3.09. The van der Waals surface area contributed by atoms with E-state index in [0.717, 1.165) is 15.3 Å². The second-order valence-electron chi connectivity index (χ2n) is 3.34. The van der Waals surface area contributed by atoms with Gasteiger partial charge < -0.3 is 0 Å². The van der Waals surface area contributed by atoms with E-state index < -0.39 is 5.95 Å². The minimum Gasteiger partial charge on any atom is -0.242 e. The Hall–Kier alpha value is -1.59. The van der Waals surface area contributed by atoms with Gasteiger partial charge in [-0.2, -0.15) is 4.39 Å². The predicted molar refractivity (Wildman–Crippen MR) is 65.6 cm³/mol. The zero-order valence-electron chi connectivity index (χ0n) is 8.39. The van der Waals surface area contributed by atoms with Crippen molar-refractivity contribution in [2.75, 3.05) is 0 Å². The number of nitrogens with zero attached hydrogens (tertiary/aromatic N) is 3. The molecular formula is C11H5ClFN3S. The van der Waals surface area contributed by atoms with Gasteiger partial charge in [-0.05, 0) is 18.2 Å². The van der Waals surface area contributed by atoms with Crippen molar-refractivity contribution in [1.82, 2.24) is 15.0 Å². The maximum Gasteiger partial charge on any atom is 0.212 e. The van der Waals surface area contributed by atoms with E-state index in [1.54, 1.807) is 12.3 Å². The van der Waals surface area contributed by atoms with E-state index >= 15 is 0 Å². The molecule has 0 aliphatic rings. The van der Waals surface area contributed by atoms with E-state index in [-0.39, 0.29) is 0 Å². The van der Waals surface area contributed by atoms with Crippen molar-refractivity contribution >= 4 is 33.2 Å². The van der Waals surface area contributed by atoms with Gasteiger partial charge in [-0.15, -0.1) is 11.3 Å². The minimum atomic E-state index is -0.505. The van der Waals surface area contributed by atoms with Crippen molar-refractivity contribution in [1.29, 1.82) is 0 Å². The highest BCUT2D eigenvalue weighted by molar-refractivity contribution is 7.21. The van der Waals surface area contributed by atoms with E-state index in [4.69, 9.17) is 11.6 Å². The van der Waals surface area contributed by atoms with Gasteiger partial charge in [-0.1, -0.05) is 11.6 Å². The number of hydrogen-bond donors (Lipinski definition) is 0. The largest absolute Gasteiger partial charge is 0.242 e. The molecule has 0 saturated heterocycles. The third-order valence-corrected chi connectivity index (χ3v) is 3.58. The van der Waals surface area contributed by atoms with Gasteiger partial charge in [0.2, 0.25) is 5.95 Å². The van der Waals surface area contributed by atoms with E-state index in [9.17, 15) is 4.39 Å². The Morgan fingerprint density at radius 3 is 2.76 bits per heavy atom. The Kier molecular flexibility index (Phi) is 2.49. The maximum atomic E-state index is 12.7. The van der Waals surface area contributed by atoms with Gasteiger partial charge >= 0.3 is 0 Å². The third-order valence-electron chi connectivity index (χ3n) is 2.24. The van der Waals surface area contributed by atoms with Crippen LogP contribution in [-0.4, -0.2) is 15.0 Å². The van der Waals surface area contributed by atoms with Gasteiger partial charge in [0.05, 0.1) is 4.70 Å². The molecule has 0 N–H and O–H groups in total. The molecule has 0 radical (unpaired) electrons. The van der Waals surface area contributed by atoms with Crippen molar-refractivity contribution in [2.45, 2.75) is 0 Å². The molecule has 3 heterocycles. The Balaban J connectivity index is 2.18.